The van der Waals surface area contributed by atoms with Gasteiger partial charge in [0.05, 0.1) is 24.3 Å². The molecule has 0 bridgehead atoms. The Hall–Kier alpha value is -5.10. The predicted molar refractivity (Wildman–Crippen MR) is 185 cm³/mol. The number of aryl methyl sites for hydroxylation is 1. The van der Waals surface area contributed by atoms with Crippen LogP contribution in [0.4, 0.5) is 20.2 Å². The molecule has 0 aromatic heterocycles. The molecule has 1 amide bonds. The highest BCUT2D eigenvalue weighted by Crippen LogP contribution is 2.38. The Morgan fingerprint density at radius 2 is 2.04 bits per heavy atom. The number of carbonyl (C=O) groups is 1. The van der Waals surface area contributed by atoms with Crippen molar-refractivity contribution in [1.82, 2.24) is 14.8 Å². The number of amidine groups is 1. The molecule has 0 radical (unpaired) electrons. The molecule has 5 rings (SSSR count). The quantitative estimate of drug-likeness (QED) is 0.155. The summed E-state index contributed by atoms with van der Waals surface area (Å²) in [7, 11) is 3.90. The van der Waals surface area contributed by atoms with Gasteiger partial charge in [-0.15, -0.1) is 0 Å². The van der Waals surface area contributed by atoms with Crippen molar-refractivity contribution in [3.8, 4) is 11.5 Å². The van der Waals surface area contributed by atoms with Crippen LogP contribution in [0.1, 0.15) is 31.4 Å². The van der Waals surface area contributed by atoms with Crippen LogP contribution in [0.15, 0.2) is 82.9 Å². The van der Waals surface area contributed by atoms with Crippen molar-refractivity contribution in [2.24, 2.45) is 10.1 Å². The number of allylic oxidation sites excluding steroid dienone is 2. The van der Waals surface area contributed by atoms with Crippen LogP contribution in [0.3, 0.4) is 0 Å². The number of carbonyl (C=O) groups excluding carboxylic acids is 1. The van der Waals surface area contributed by atoms with E-state index in [1.165, 1.54) is 0 Å². The van der Waals surface area contributed by atoms with Crippen LogP contribution in [0.2, 0.25) is 0 Å². The average Bonchev–Trinajstić information content (AvgIpc) is 3.07. The smallest absolute Gasteiger partial charge is 0.248 e. The van der Waals surface area contributed by atoms with E-state index in [0.29, 0.717) is 55.6 Å². The first-order valence-electron chi connectivity index (χ1n) is 16.0. The van der Waals surface area contributed by atoms with Crippen molar-refractivity contribution in [1.29, 1.82) is 0 Å². The largest absolute Gasteiger partial charge is 0.475 e. The van der Waals surface area contributed by atoms with Gasteiger partial charge in [0.25, 0.3) is 0 Å². The number of likely N-dealkylation sites (N-methyl/N-ethyl adjacent to an activating group) is 1. The van der Waals surface area contributed by atoms with Crippen LogP contribution >= 0.6 is 0 Å². The second-order valence-corrected chi connectivity index (χ2v) is 11.7. The van der Waals surface area contributed by atoms with Crippen LogP contribution in [0, 0.1) is 18.6 Å². The Morgan fingerprint density at radius 1 is 1.21 bits per heavy atom. The van der Waals surface area contributed by atoms with Crippen molar-refractivity contribution in [2.75, 3.05) is 58.7 Å². The Morgan fingerprint density at radius 3 is 2.77 bits per heavy atom. The third-order valence-corrected chi connectivity index (χ3v) is 7.85. The molecule has 12 heteroatoms. The number of fused-ring (bicyclic) bond motifs is 2. The van der Waals surface area contributed by atoms with E-state index < -0.39 is 11.6 Å². The fourth-order valence-electron chi connectivity index (χ4n) is 5.44. The summed E-state index contributed by atoms with van der Waals surface area (Å²) in [5, 5.41) is 8.87. The summed E-state index contributed by atoms with van der Waals surface area (Å²) in [6.45, 7) is 8.69. The molecule has 252 valence electrons. The number of aliphatic imine (C=N–C) groups is 1. The number of anilines is 1. The first-order chi connectivity index (χ1) is 23.2. The minimum Gasteiger partial charge on any atom is -0.475 e. The summed E-state index contributed by atoms with van der Waals surface area (Å²) in [4.78, 5) is 21.3. The number of hydrogen-bond donors (Lipinski definition) is 1. The van der Waals surface area contributed by atoms with E-state index in [0.717, 1.165) is 35.5 Å². The number of halogens is 2. The zero-order chi connectivity index (χ0) is 34.2. The lowest BCUT2D eigenvalue weighted by Gasteiger charge is -2.29. The topological polar surface area (TPSA) is 85.0 Å². The maximum Gasteiger partial charge on any atom is 0.248 e. The minimum atomic E-state index is -0.739. The van der Waals surface area contributed by atoms with Crippen molar-refractivity contribution in [3.63, 3.8) is 0 Å². The molecule has 0 spiro atoms. The van der Waals surface area contributed by atoms with E-state index in [1.54, 1.807) is 41.9 Å². The Balaban J connectivity index is 1.42. The van der Waals surface area contributed by atoms with Crippen molar-refractivity contribution < 1.29 is 27.6 Å². The SMILES string of the molecule is C/C=N\N1C=CC(Oc2cc(F)c(NC(=N/C=C/CC)c3c(C)ccc4c3OCC3=[N+]4CCN(C(=O)/C=C/CN(C)C)C3)cc2F)=CC1. The highest BCUT2D eigenvalue weighted by Gasteiger charge is 2.37. The van der Waals surface area contributed by atoms with Crippen LogP contribution < -0.4 is 14.8 Å². The molecule has 10 nitrogen and oxygen atoms in total. The average molecular weight is 659 g/mol. The van der Waals surface area contributed by atoms with Gasteiger partial charge in [-0.1, -0.05) is 25.1 Å². The monoisotopic (exact) mass is 658 g/mol. The van der Waals surface area contributed by atoms with Gasteiger partial charge in [-0.2, -0.15) is 9.68 Å². The summed E-state index contributed by atoms with van der Waals surface area (Å²) < 4.78 is 45.1. The lowest BCUT2D eigenvalue weighted by Crippen LogP contribution is -2.49. The van der Waals surface area contributed by atoms with Gasteiger partial charge in [-0.3, -0.25) is 9.80 Å². The Bertz CT molecular complexity index is 1760. The normalized spacial score (nSPS) is 16.6. The van der Waals surface area contributed by atoms with Gasteiger partial charge in [-0.25, -0.2) is 13.8 Å². The van der Waals surface area contributed by atoms with Gasteiger partial charge in [-0.05, 0) is 52.1 Å². The van der Waals surface area contributed by atoms with E-state index in [1.807, 2.05) is 69.0 Å². The highest BCUT2D eigenvalue weighted by molar-refractivity contribution is 6.12. The van der Waals surface area contributed by atoms with Gasteiger partial charge in [0, 0.05) is 49.4 Å². The van der Waals surface area contributed by atoms with E-state index >= 15 is 8.78 Å². The molecule has 0 aliphatic carbocycles. The fourth-order valence-corrected chi connectivity index (χ4v) is 5.44. The Kier molecular flexibility index (Phi) is 11.2. The molecule has 0 saturated heterocycles. The van der Waals surface area contributed by atoms with Gasteiger partial charge in [0.15, 0.2) is 30.5 Å². The summed E-state index contributed by atoms with van der Waals surface area (Å²) in [5.74, 6) is -0.456. The zero-order valence-corrected chi connectivity index (χ0v) is 28.0. The summed E-state index contributed by atoms with van der Waals surface area (Å²) in [6.07, 6.45) is 14.4. The number of nitrogens with zero attached hydrogens (tertiary/aromatic N) is 6. The standard InChI is InChI=1S/C36H42F2N7O3/c1-6-8-15-39-36(41-30-21-29(38)32(22-28(30)37)48-27-13-17-44(18-14-27)40-7-2)34-25(3)11-12-31-35(34)47-24-26-23-43(19-20-45(26)31)33(46)10-9-16-42(4)5/h7-15,17,21-22H,6,16,18-20,23-24H2,1-5H3,(H,39,41)/q+1/b10-9+,15-8+,40-7-. The van der Waals surface area contributed by atoms with Gasteiger partial charge < -0.3 is 24.6 Å². The maximum absolute atomic E-state index is 15.6. The third kappa shape index (κ3) is 8.06. The van der Waals surface area contributed by atoms with Crippen LogP contribution in [0.25, 0.3) is 0 Å². The molecule has 2 aromatic rings. The van der Waals surface area contributed by atoms with Crippen LogP contribution in [-0.2, 0) is 4.79 Å². The molecule has 0 saturated carbocycles. The van der Waals surface area contributed by atoms with E-state index in [2.05, 4.69) is 20.0 Å². The Labute approximate surface area is 280 Å². The maximum atomic E-state index is 15.6. The number of hydrazone groups is 1. The molecule has 3 aliphatic rings. The summed E-state index contributed by atoms with van der Waals surface area (Å²) in [5.41, 5.74) is 3.16. The predicted octanol–water partition coefficient (Wildman–Crippen LogP) is 5.59. The first-order valence-corrected chi connectivity index (χ1v) is 16.0. The second-order valence-electron chi connectivity index (χ2n) is 11.7. The fraction of sp³-hybridized carbons (Fsp3) is 0.333. The van der Waals surface area contributed by atoms with Crippen molar-refractivity contribution in [3.05, 3.63) is 95.6 Å². The third-order valence-electron chi connectivity index (χ3n) is 7.85. The number of benzene rings is 2. The molecule has 0 atom stereocenters. The number of amides is 1. The molecule has 1 N–H and O–H groups in total. The van der Waals surface area contributed by atoms with Gasteiger partial charge >= 0.3 is 0 Å². The highest BCUT2D eigenvalue weighted by atomic mass is 19.1. The summed E-state index contributed by atoms with van der Waals surface area (Å²) >= 11 is 0. The molecule has 3 aliphatic heterocycles. The molecule has 0 fully saturated rings. The molecule has 48 heavy (non-hydrogen) atoms. The lowest BCUT2D eigenvalue weighted by atomic mass is 10.0. The minimum absolute atomic E-state index is 0.0355. The zero-order valence-electron chi connectivity index (χ0n) is 28.0. The van der Waals surface area contributed by atoms with Crippen molar-refractivity contribution >= 4 is 35.0 Å². The summed E-state index contributed by atoms with van der Waals surface area (Å²) in [6, 6.07) is 6.01. The number of hydrogen-bond acceptors (Lipinski definition) is 7. The van der Waals surface area contributed by atoms with Gasteiger partial charge in [0.1, 0.15) is 18.1 Å². The second kappa shape index (κ2) is 15.7. The van der Waals surface area contributed by atoms with E-state index in [4.69, 9.17) is 9.47 Å². The number of nitrogens with one attached hydrogen (secondary N) is 1. The van der Waals surface area contributed by atoms with Gasteiger partial charge in [0.2, 0.25) is 23.1 Å². The number of ether oxygens (including phenoxy) is 2. The molecule has 0 unspecified atom stereocenters. The molecule has 3 heterocycles. The van der Waals surface area contributed by atoms with E-state index in [-0.39, 0.29) is 24.0 Å². The first kappa shape index (κ1) is 34.2. The molecular formula is C36H42F2N7O3+. The van der Waals surface area contributed by atoms with Crippen LogP contribution in [-0.4, -0.2) is 96.5 Å². The number of rotatable bonds is 10. The lowest BCUT2D eigenvalue weighted by molar-refractivity contribution is -0.453. The van der Waals surface area contributed by atoms with E-state index in [9.17, 15) is 4.79 Å². The van der Waals surface area contributed by atoms with Crippen LogP contribution in [0.5, 0.6) is 11.5 Å². The van der Waals surface area contributed by atoms with Crippen molar-refractivity contribution in [2.45, 2.75) is 27.2 Å². The molecule has 2 aromatic carbocycles. The molecular weight excluding hydrogens is 616 g/mol.